The molecule has 0 aliphatic heterocycles. The highest BCUT2D eigenvalue weighted by molar-refractivity contribution is 5.69. The summed E-state index contributed by atoms with van der Waals surface area (Å²) in [6, 6.07) is 0. The van der Waals surface area contributed by atoms with Crippen molar-refractivity contribution in [2.75, 3.05) is 19.8 Å². The van der Waals surface area contributed by atoms with Crippen LogP contribution < -0.4 is 0 Å². The Morgan fingerprint density at radius 1 is 1.08 bits per heavy atom. The van der Waals surface area contributed by atoms with E-state index in [2.05, 4.69) is 14.5 Å². The van der Waals surface area contributed by atoms with E-state index in [1.54, 1.807) is 6.92 Å². The Kier molecular flexibility index (Phi) is 19.6. The Hall–Kier alpha value is -0.610. The molecular formula is C9H22O4. The fourth-order valence-electron chi connectivity index (χ4n) is 0.500. The normalized spacial score (nSPS) is 8.15. The zero-order chi connectivity index (χ0) is 8.53. The maximum absolute atomic E-state index is 10.6. The van der Waals surface area contributed by atoms with Gasteiger partial charge in [0.15, 0.2) is 0 Å². The number of carbonyl (C=O) groups is 1. The second-order valence-corrected chi connectivity index (χ2v) is 1.78. The monoisotopic (exact) mass is 194 g/mol. The third kappa shape index (κ3) is 14.3. The average molecular weight is 194 g/mol. The maximum Gasteiger partial charge on any atom is 0.308 e. The summed E-state index contributed by atoms with van der Waals surface area (Å²) in [5.74, 6) is -0.257. The van der Waals surface area contributed by atoms with Crippen molar-refractivity contribution in [3.05, 3.63) is 0 Å². The number of esters is 1. The summed E-state index contributed by atoms with van der Waals surface area (Å²) in [6.07, 6.45) is 0.244. The highest BCUT2D eigenvalue weighted by atomic mass is 17.2. The number of ether oxygens (including phenoxy) is 1. The lowest BCUT2D eigenvalue weighted by Crippen LogP contribution is -2.08. The van der Waals surface area contributed by atoms with E-state index in [9.17, 15) is 4.79 Å². The van der Waals surface area contributed by atoms with Crippen molar-refractivity contribution in [1.29, 1.82) is 0 Å². The zero-order valence-electron chi connectivity index (χ0n) is 6.96. The van der Waals surface area contributed by atoms with Gasteiger partial charge in [0.05, 0.1) is 26.2 Å². The predicted molar refractivity (Wildman–Crippen MR) is 52.3 cm³/mol. The van der Waals surface area contributed by atoms with Crippen LogP contribution in [0.3, 0.4) is 0 Å². The molecule has 0 aliphatic rings. The topological polar surface area (TPSA) is 44.8 Å². The lowest BCUT2D eigenvalue weighted by atomic mass is 10.5. The van der Waals surface area contributed by atoms with Gasteiger partial charge in [0, 0.05) is 0 Å². The van der Waals surface area contributed by atoms with Gasteiger partial charge in [-0.25, -0.2) is 9.78 Å². The first-order valence-corrected chi connectivity index (χ1v) is 3.71. The van der Waals surface area contributed by atoms with Gasteiger partial charge in [0.2, 0.25) is 0 Å². The fourth-order valence-corrected chi connectivity index (χ4v) is 0.500. The Morgan fingerprint density at radius 2 is 1.69 bits per heavy atom. The van der Waals surface area contributed by atoms with Crippen LogP contribution in [0.2, 0.25) is 0 Å². The standard InChI is InChI=1S/C7H14O4.2CH4/c1-3-9-7(8)5-6-11-10-4-2;;/h3-6H2,1-2H3;2*1H4. The summed E-state index contributed by atoms with van der Waals surface area (Å²) in [4.78, 5) is 19.8. The van der Waals surface area contributed by atoms with E-state index in [0.717, 1.165) is 0 Å². The molecule has 0 saturated carbocycles. The van der Waals surface area contributed by atoms with Crippen molar-refractivity contribution in [2.45, 2.75) is 35.1 Å². The molecule has 0 radical (unpaired) electrons. The first kappa shape index (κ1) is 18.2. The predicted octanol–water partition coefficient (Wildman–Crippen LogP) is 2.18. The molecule has 0 aromatic rings. The van der Waals surface area contributed by atoms with Crippen LogP contribution in [0.1, 0.15) is 35.1 Å². The molecule has 0 atom stereocenters. The molecule has 0 heterocycles. The highest BCUT2D eigenvalue weighted by Crippen LogP contribution is 1.88. The number of hydrogen-bond acceptors (Lipinski definition) is 4. The molecule has 13 heavy (non-hydrogen) atoms. The quantitative estimate of drug-likeness (QED) is 0.281. The Labute approximate surface area is 81.1 Å². The van der Waals surface area contributed by atoms with Crippen molar-refractivity contribution in [1.82, 2.24) is 0 Å². The largest absolute Gasteiger partial charge is 0.466 e. The Balaban J connectivity index is -0.000000500. The molecule has 0 unspecified atom stereocenters. The Morgan fingerprint density at radius 3 is 2.15 bits per heavy atom. The van der Waals surface area contributed by atoms with Crippen molar-refractivity contribution >= 4 is 5.97 Å². The molecule has 0 aromatic heterocycles. The van der Waals surface area contributed by atoms with Gasteiger partial charge in [0.25, 0.3) is 0 Å². The molecule has 0 saturated heterocycles. The van der Waals surface area contributed by atoms with Gasteiger partial charge in [0.1, 0.15) is 0 Å². The van der Waals surface area contributed by atoms with E-state index in [4.69, 9.17) is 0 Å². The lowest BCUT2D eigenvalue weighted by molar-refractivity contribution is -0.291. The van der Waals surface area contributed by atoms with E-state index in [1.165, 1.54) is 0 Å². The van der Waals surface area contributed by atoms with Gasteiger partial charge in [-0.05, 0) is 13.8 Å². The van der Waals surface area contributed by atoms with Crippen molar-refractivity contribution in [3.63, 3.8) is 0 Å². The van der Waals surface area contributed by atoms with Crippen molar-refractivity contribution < 1.29 is 19.3 Å². The fraction of sp³-hybridized carbons (Fsp3) is 0.889. The first-order chi connectivity index (χ1) is 5.31. The third-order valence-corrected chi connectivity index (χ3v) is 0.896. The molecule has 82 valence electrons. The van der Waals surface area contributed by atoms with Crippen LogP contribution in [0.5, 0.6) is 0 Å². The summed E-state index contributed by atoms with van der Waals surface area (Å²) in [5.41, 5.74) is 0. The Bertz CT molecular complexity index is 104. The van der Waals surface area contributed by atoms with Gasteiger partial charge in [-0.15, -0.1) is 0 Å². The summed E-state index contributed by atoms with van der Waals surface area (Å²) >= 11 is 0. The smallest absolute Gasteiger partial charge is 0.308 e. The third-order valence-electron chi connectivity index (χ3n) is 0.896. The van der Waals surface area contributed by atoms with E-state index in [0.29, 0.717) is 13.2 Å². The molecule has 4 heteroatoms. The van der Waals surface area contributed by atoms with Crippen LogP contribution in [0.4, 0.5) is 0 Å². The van der Waals surface area contributed by atoms with Crippen LogP contribution >= 0.6 is 0 Å². The van der Waals surface area contributed by atoms with Crippen LogP contribution in [0.15, 0.2) is 0 Å². The molecule has 0 bridgehead atoms. The van der Waals surface area contributed by atoms with Crippen molar-refractivity contribution in [3.8, 4) is 0 Å². The summed E-state index contributed by atoms with van der Waals surface area (Å²) < 4.78 is 4.65. The number of rotatable bonds is 6. The van der Waals surface area contributed by atoms with Crippen LogP contribution in [0.25, 0.3) is 0 Å². The minimum Gasteiger partial charge on any atom is -0.466 e. The van der Waals surface area contributed by atoms with Crippen LogP contribution in [-0.4, -0.2) is 25.8 Å². The zero-order valence-corrected chi connectivity index (χ0v) is 6.96. The van der Waals surface area contributed by atoms with E-state index in [1.807, 2.05) is 6.92 Å². The molecular weight excluding hydrogens is 172 g/mol. The summed E-state index contributed by atoms with van der Waals surface area (Å²) in [5, 5.41) is 0. The van der Waals surface area contributed by atoms with Gasteiger partial charge in [-0.3, -0.25) is 4.79 Å². The van der Waals surface area contributed by atoms with E-state index in [-0.39, 0.29) is 33.9 Å². The summed E-state index contributed by atoms with van der Waals surface area (Å²) in [7, 11) is 0. The van der Waals surface area contributed by atoms with Crippen LogP contribution in [-0.2, 0) is 19.3 Å². The first-order valence-electron chi connectivity index (χ1n) is 3.71. The minimum atomic E-state index is -0.257. The molecule has 0 N–H and O–H groups in total. The molecule has 4 nitrogen and oxygen atoms in total. The molecule has 0 rings (SSSR count). The highest BCUT2D eigenvalue weighted by Gasteiger charge is 2.00. The minimum absolute atomic E-state index is 0. The van der Waals surface area contributed by atoms with E-state index < -0.39 is 0 Å². The molecule has 0 spiro atoms. The number of hydrogen-bond donors (Lipinski definition) is 0. The second-order valence-electron chi connectivity index (χ2n) is 1.78. The average Bonchev–Trinajstić information content (AvgIpc) is 1.99. The summed E-state index contributed by atoms with van der Waals surface area (Å²) in [6.45, 7) is 4.73. The molecule has 0 fully saturated rings. The second kappa shape index (κ2) is 13.9. The van der Waals surface area contributed by atoms with E-state index >= 15 is 0 Å². The van der Waals surface area contributed by atoms with Crippen LogP contribution in [0, 0.1) is 0 Å². The van der Waals surface area contributed by atoms with Gasteiger partial charge < -0.3 is 4.74 Å². The lowest BCUT2D eigenvalue weighted by Gasteiger charge is -2.01. The number of carbonyl (C=O) groups excluding carboxylic acids is 1. The molecule has 0 aliphatic carbocycles. The maximum atomic E-state index is 10.6. The molecule has 0 aromatic carbocycles. The van der Waals surface area contributed by atoms with Gasteiger partial charge in [-0.2, -0.15) is 0 Å². The van der Waals surface area contributed by atoms with Gasteiger partial charge >= 0.3 is 5.97 Å². The van der Waals surface area contributed by atoms with Gasteiger partial charge in [-0.1, -0.05) is 14.9 Å². The molecule has 0 amide bonds. The SMILES string of the molecule is C.C.CCOOCCC(=O)OCC. The van der Waals surface area contributed by atoms with Crippen molar-refractivity contribution in [2.24, 2.45) is 0 Å².